The number of ketones is 1. The predicted molar refractivity (Wildman–Crippen MR) is 201 cm³/mol. The summed E-state index contributed by atoms with van der Waals surface area (Å²) in [6, 6.07) is 15.3. The fraction of sp³-hybridized carbons (Fsp3) is 0.675. The zero-order chi connectivity index (χ0) is 33.1. The molecule has 2 aliphatic carbocycles. The van der Waals surface area contributed by atoms with E-state index >= 15 is 0 Å². The second-order valence-electron chi connectivity index (χ2n) is 13.2. The van der Waals surface area contributed by atoms with Gasteiger partial charge in [-0.25, -0.2) is 0 Å². The van der Waals surface area contributed by atoms with Crippen molar-refractivity contribution in [2.24, 2.45) is 0 Å². The highest BCUT2D eigenvalue weighted by molar-refractivity contribution is 9.10. The van der Waals surface area contributed by atoms with Gasteiger partial charge in [0.15, 0.2) is 0 Å². The van der Waals surface area contributed by atoms with Crippen molar-refractivity contribution in [1.29, 1.82) is 0 Å². The highest BCUT2D eigenvalue weighted by Gasteiger charge is 2.28. The highest BCUT2D eigenvalue weighted by Crippen LogP contribution is 2.34. The number of carbonyl (C=O) groups excluding carboxylic acids is 1. The molecule has 1 saturated heterocycles. The third kappa shape index (κ3) is 21.1. The molecule has 0 bridgehead atoms. The standard InChI is InChI=1S/C18H27ClO.C12H22O.C6H4BrCl.C4H8O/c19-17-12-10-16(11-13-17)18(20)14-8-6-4-2-1-3-5-7-9-15-18;13-12-10-8-6-4-2-1-3-5-7-9-11-12;7-5-1-3-6(8)4-2-5;1-2-4-5-3-1/h10-13,20H,1-9,14-15H2;1-11H2;1-4H;1-4H2. The van der Waals surface area contributed by atoms with Crippen molar-refractivity contribution in [3.63, 3.8) is 0 Å². The van der Waals surface area contributed by atoms with Gasteiger partial charge >= 0.3 is 0 Å². The summed E-state index contributed by atoms with van der Waals surface area (Å²) in [5.41, 5.74) is 0.392. The average molecular weight is 741 g/mol. The van der Waals surface area contributed by atoms with Crippen molar-refractivity contribution in [2.75, 3.05) is 13.2 Å². The molecule has 0 amide bonds. The van der Waals surface area contributed by atoms with Gasteiger partial charge in [0.1, 0.15) is 5.78 Å². The molecule has 5 rings (SSSR count). The lowest BCUT2D eigenvalue weighted by molar-refractivity contribution is -0.119. The molecule has 0 unspecified atom stereocenters. The van der Waals surface area contributed by atoms with Crippen LogP contribution in [0, 0.1) is 0 Å². The molecule has 0 aromatic heterocycles. The number of carbonyl (C=O) groups is 1. The van der Waals surface area contributed by atoms with E-state index in [1.807, 2.05) is 48.5 Å². The van der Waals surface area contributed by atoms with Crippen LogP contribution in [-0.2, 0) is 15.1 Å². The molecule has 1 N–H and O–H groups in total. The van der Waals surface area contributed by atoms with Crippen molar-refractivity contribution >= 4 is 44.9 Å². The van der Waals surface area contributed by atoms with Gasteiger partial charge in [0.25, 0.3) is 0 Å². The monoisotopic (exact) mass is 738 g/mol. The molecule has 2 aromatic carbocycles. The lowest BCUT2D eigenvalue weighted by Crippen LogP contribution is -2.25. The van der Waals surface area contributed by atoms with E-state index in [9.17, 15) is 9.90 Å². The molecule has 1 aliphatic heterocycles. The Morgan fingerprint density at radius 3 is 1.22 bits per heavy atom. The van der Waals surface area contributed by atoms with Crippen molar-refractivity contribution in [3.05, 3.63) is 68.6 Å². The van der Waals surface area contributed by atoms with Crippen LogP contribution in [0.15, 0.2) is 53.0 Å². The zero-order valence-electron chi connectivity index (χ0n) is 28.4. The van der Waals surface area contributed by atoms with E-state index in [0.717, 1.165) is 84.7 Å². The summed E-state index contributed by atoms with van der Waals surface area (Å²) in [7, 11) is 0. The van der Waals surface area contributed by atoms with E-state index in [4.69, 9.17) is 27.9 Å². The van der Waals surface area contributed by atoms with Gasteiger partial charge in [-0.15, -0.1) is 0 Å². The van der Waals surface area contributed by atoms with Crippen LogP contribution in [0.2, 0.25) is 10.0 Å². The predicted octanol–water partition coefficient (Wildman–Crippen LogP) is 13.6. The van der Waals surface area contributed by atoms with Crippen LogP contribution in [0.4, 0.5) is 0 Å². The van der Waals surface area contributed by atoms with Gasteiger partial charge in [-0.3, -0.25) is 4.79 Å². The molecule has 3 nitrogen and oxygen atoms in total. The Balaban J connectivity index is 0.000000240. The fourth-order valence-corrected chi connectivity index (χ4v) is 6.71. The first kappa shape index (κ1) is 41.3. The fourth-order valence-electron chi connectivity index (χ4n) is 6.19. The average Bonchev–Trinajstić information content (AvgIpc) is 3.64. The summed E-state index contributed by atoms with van der Waals surface area (Å²) in [5, 5.41) is 12.6. The van der Waals surface area contributed by atoms with Crippen molar-refractivity contribution in [1.82, 2.24) is 0 Å². The summed E-state index contributed by atoms with van der Waals surface area (Å²) < 4.78 is 6.00. The van der Waals surface area contributed by atoms with Crippen LogP contribution in [-0.4, -0.2) is 24.1 Å². The first-order chi connectivity index (χ1) is 22.4. The summed E-state index contributed by atoms with van der Waals surface area (Å²) in [5.74, 6) is 0.501. The Morgan fingerprint density at radius 2 is 0.870 bits per heavy atom. The quantitative estimate of drug-likeness (QED) is 0.317. The molecule has 1 heterocycles. The smallest absolute Gasteiger partial charge is 0.132 e. The van der Waals surface area contributed by atoms with Gasteiger partial charge in [-0.05, 0) is 80.5 Å². The first-order valence-corrected chi connectivity index (χ1v) is 19.9. The Bertz CT molecular complexity index is 954. The summed E-state index contributed by atoms with van der Waals surface area (Å²) in [4.78, 5) is 11.3. The molecule has 0 radical (unpaired) electrons. The summed E-state index contributed by atoms with van der Waals surface area (Å²) in [6.07, 6.45) is 29.2. The Hall–Kier alpha value is -0.910. The van der Waals surface area contributed by atoms with Gasteiger partial charge < -0.3 is 9.84 Å². The van der Waals surface area contributed by atoms with Gasteiger partial charge in [-0.2, -0.15) is 0 Å². The second kappa shape index (κ2) is 27.0. The van der Waals surface area contributed by atoms with Gasteiger partial charge in [-0.1, -0.05) is 154 Å². The van der Waals surface area contributed by atoms with E-state index < -0.39 is 5.60 Å². The van der Waals surface area contributed by atoms with E-state index in [-0.39, 0.29) is 0 Å². The number of rotatable bonds is 1. The number of hydrogen-bond donors (Lipinski definition) is 1. The van der Waals surface area contributed by atoms with Crippen molar-refractivity contribution in [3.8, 4) is 0 Å². The molecular weight excluding hydrogens is 679 g/mol. The van der Waals surface area contributed by atoms with E-state index in [1.54, 1.807) is 0 Å². The van der Waals surface area contributed by atoms with Crippen LogP contribution in [0.25, 0.3) is 0 Å². The highest BCUT2D eigenvalue weighted by atomic mass is 79.9. The molecule has 2 saturated carbocycles. The Kier molecular flexibility index (Phi) is 24.2. The maximum absolute atomic E-state index is 11.3. The molecule has 0 spiro atoms. The van der Waals surface area contributed by atoms with E-state index in [0.29, 0.717) is 5.78 Å². The minimum atomic E-state index is -0.649. The molecule has 3 fully saturated rings. The van der Waals surface area contributed by atoms with Crippen LogP contribution in [0.3, 0.4) is 0 Å². The Morgan fingerprint density at radius 1 is 0.522 bits per heavy atom. The van der Waals surface area contributed by atoms with E-state index in [2.05, 4.69) is 15.9 Å². The van der Waals surface area contributed by atoms with Crippen molar-refractivity contribution in [2.45, 2.75) is 160 Å². The number of hydrogen-bond acceptors (Lipinski definition) is 3. The number of benzene rings is 2. The zero-order valence-corrected chi connectivity index (χ0v) is 31.5. The first-order valence-electron chi connectivity index (χ1n) is 18.4. The van der Waals surface area contributed by atoms with Crippen LogP contribution < -0.4 is 0 Å². The van der Waals surface area contributed by atoms with Gasteiger partial charge in [0.2, 0.25) is 0 Å². The summed E-state index contributed by atoms with van der Waals surface area (Å²) in [6.45, 7) is 2.00. The largest absolute Gasteiger partial charge is 0.385 e. The van der Waals surface area contributed by atoms with Gasteiger partial charge in [0, 0.05) is 40.6 Å². The number of halogens is 3. The van der Waals surface area contributed by atoms with E-state index in [1.165, 1.54) is 103 Å². The minimum Gasteiger partial charge on any atom is -0.385 e. The lowest BCUT2D eigenvalue weighted by atomic mass is 9.83. The molecule has 260 valence electrons. The molecule has 3 aliphatic rings. The van der Waals surface area contributed by atoms with Crippen LogP contribution in [0.1, 0.15) is 160 Å². The van der Waals surface area contributed by atoms with Gasteiger partial charge in [0.05, 0.1) is 5.60 Å². The lowest BCUT2D eigenvalue weighted by Gasteiger charge is -2.29. The minimum absolute atomic E-state index is 0.501. The topological polar surface area (TPSA) is 46.5 Å². The number of Topliss-reactive ketones (excluding diaryl/α,β-unsaturated/α-hetero) is 1. The maximum atomic E-state index is 11.3. The number of ether oxygens (including phenoxy) is 1. The maximum Gasteiger partial charge on any atom is 0.132 e. The molecule has 46 heavy (non-hydrogen) atoms. The molecular formula is C40H61BrCl2O3. The third-order valence-corrected chi connectivity index (χ3v) is 10.1. The number of aliphatic hydroxyl groups is 1. The summed E-state index contributed by atoms with van der Waals surface area (Å²) >= 11 is 14.8. The molecule has 0 atom stereocenters. The SMILES string of the molecule is C1CCOC1.Clc1ccc(Br)cc1.O=C1CCCCCCCCCCC1.OC1(c2ccc(Cl)cc2)CCCCCCCCCCC1. The third-order valence-electron chi connectivity index (χ3n) is 9.10. The Labute approximate surface area is 299 Å². The second-order valence-corrected chi connectivity index (χ2v) is 15.0. The van der Waals surface area contributed by atoms with Crippen LogP contribution in [0.5, 0.6) is 0 Å². The molecule has 6 heteroatoms. The molecule has 2 aromatic rings. The normalized spacial score (nSPS) is 20.2. The van der Waals surface area contributed by atoms with Crippen molar-refractivity contribution < 1.29 is 14.6 Å². The van der Waals surface area contributed by atoms with Crippen LogP contribution >= 0.6 is 39.1 Å².